The first-order valence-electron chi connectivity index (χ1n) is 46.2. The zero-order valence-corrected chi connectivity index (χ0v) is 79.9. The maximum Gasteiger partial charge on any atom is 0.329 e. The van der Waals surface area contributed by atoms with Crippen LogP contribution in [0.1, 0.15) is 234 Å². The molecule has 8 aliphatic rings. The number of hydrogen-bond donors (Lipinski definition) is 9. The van der Waals surface area contributed by atoms with Crippen LogP contribution < -0.4 is 0 Å². The van der Waals surface area contributed by atoms with Crippen LogP contribution in [-0.4, -0.2) is 321 Å². The van der Waals surface area contributed by atoms with Crippen molar-refractivity contribution in [3.63, 3.8) is 0 Å². The number of likely N-dealkylation sites (N-methyl/N-ethyl adjacent to an activating group) is 2. The van der Waals surface area contributed by atoms with Gasteiger partial charge in [0.05, 0.1) is 84.3 Å². The van der Waals surface area contributed by atoms with Gasteiger partial charge >= 0.3 is 11.9 Å². The van der Waals surface area contributed by atoms with Crippen LogP contribution in [0.3, 0.4) is 0 Å². The van der Waals surface area contributed by atoms with Gasteiger partial charge in [0.15, 0.2) is 24.7 Å². The van der Waals surface area contributed by atoms with E-state index in [9.17, 15) is 79.5 Å². The smallest absolute Gasteiger partial charge is 0.329 e. The SMILES string of the molecule is CC[C@H]1OC(=O)[C@H](C)[C@@H](O[C@H]2C[C@@](C)(O)[C@@H](O)[C@H](C)O2)[C@H](C)[C@@H](O[C@@H]2O[C@H](C)C[C@H](N(C)C)[C@H]2O)[C@](C)(O[C@H]2C[C@@H](N(C)C)[C@@H](O)[C@H](C)O2)C[C@@H](C)C(=O)[C@H](C)[C@@H](O)[C@]1(C)O.CO[C@H]1C[C@@H]2CC[C@@H](C)[C@@](O)(O2)C(=O)C(=O)N2CCCC[C@H]2C(=O)O[C@H]([C@H](C)C[C@@H]2CC[C@@H](O)[C@H](OC)C2)CC(=O)[C@H](C)/C=C(\C)[C@@H](O)[C@@H](OC)C(=O)[C@H](C)C[C@H](C)/C=C/C=C/C=C/1C. The Morgan fingerprint density at radius 3 is 1.90 bits per heavy atom. The van der Waals surface area contributed by atoms with Crippen LogP contribution in [-0.2, 0) is 90.4 Å². The molecule has 9 N–H and O–H groups in total. The summed E-state index contributed by atoms with van der Waals surface area (Å²) in [6.07, 6.45) is -1.81. The van der Waals surface area contributed by atoms with E-state index in [-0.39, 0.29) is 98.7 Å². The van der Waals surface area contributed by atoms with Crippen LogP contribution in [0.5, 0.6) is 0 Å². The number of allylic oxidation sites excluding steroid dienone is 6. The third kappa shape index (κ3) is 27.0. The Bertz CT molecular complexity index is 3660. The van der Waals surface area contributed by atoms with E-state index in [2.05, 4.69) is 0 Å². The van der Waals surface area contributed by atoms with Gasteiger partial charge in [-0.05, 0) is 203 Å². The van der Waals surface area contributed by atoms with E-state index in [4.69, 9.17) is 56.8 Å². The van der Waals surface area contributed by atoms with Crippen molar-refractivity contribution in [3.8, 4) is 0 Å². The second-order valence-corrected chi connectivity index (χ2v) is 39.5. The molecule has 126 heavy (non-hydrogen) atoms. The van der Waals surface area contributed by atoms with E-state index in [0.29, 0.717) is 69.8 Å². The van der Waals surface area contributed by atoms with Crippen molar-refractivity contribution in [2.45, 2.75) is 397 Å². The van der Waals surface area contributed by atoms with Crippen LogP contribution in [0.4, 0.5) is 0 Å². The van der Waals surface area contributed by atoms with Crippen molar-refractivity contribution in [3.05, 3.63) is 47.6 Å². The molecule has 37 atom stereocenters. The maximum absolute atomic E-state index is 14.5. The number of methoxy groups -OCH3 is 3. The topological polar surface area (TPSA) is 422 Å². The number of esters is 2. The molecule has 1 saturated carbocycles. The molecule has 0 radical (unpaired) electrons. The van der Waals surface area contributed by atoms with Crippen LogP contribution in [0, 0.1) is 59.2 Å². The summed E-state index contributed by atoms with van der Waals surface area (Å²) in [5, 5.41) is 102. The number of ether oxygens (including phenoxy) is 12. The molecule has 7 aliphatic heterocycles. The molecule has 0 aromatic rings. The Kier molecular flexibility index (Phi) is 40.6. The van der Waals surface area contributed by atoms with Gasteiger partial charge in [-0.2, -0.15) is 0 Å². The quantitative estimate of drug-likeness (QED) is 0.0429. The highest BCUT2D eigenvalue weighted by Gasteiger charge is 2.58. The first-order valence-corrected chi connectivity index (χ1v) is 46.2. The van der Waals surface area contributed by atoms with Gasteiger partial charge in [0, 0.05) is 101 Å². The number of aliphatic hydroxyl groups excluding tert-OH is 6. The van der Waals surface area contributed by atoms with Gasteiger partial charge in [-0.1, -0.05) is 98.8 Å². The number of carbonyl (C=O) groups is 7. The highest BCUT2D eigenvalue weighted by molar-refractivity contribution is 6.39. The Balaban J connectivity index is 0.000000346. The van der Waals surface area contributed by atoms with Gasteiger partial charge in [0.1, 0.15) is 59.8 Å². The summed E-state index contributed by atoms with van der Waals surface area (Å²) >= 11 is 0. The Labute approximate surface area is 748 Å². The van der Waals surface area contributed by atoms with Gasteiger partial charge in [-0.15, -0.1) is 0 Å². The molecule has 7 heterocycles. The van der Waals surface area contributed by atoms with Crippen molar-refractivity contribution >= 4 is 41.0 Å². The fraction of sp³-hybridized carbons (Fsp3) is 0.842. The Morgan fingerprint density at radius 1 is 0.635 bits per heavy atom. The lowest BCUT2D eigenvalue weighted by Gasteiger charge is -2.51. The van der Waals surface area contributed by atoms with Crippen molar-refractivity contribution < 1.29 is 136 Å². The number of rotatable bonds is 15. The molecule has 0 spiro atoms. The van der Waals surface area contributed by atoms with Gasteiger partial charge in [-0.3, -0.25) is 28.8 Å². The van der Waals surface area contributed by atoms with Crippen molar-refractivity contribution in [2.24, 2.45) is 59.2 Å². The molecule has 722 valence electrons. The van der Waals surface area contributed by atoms with Crippen molar-refractivity contribution in [1.82, 2.24) is 14.7 Å². The van der Waals surface area contributed by atoms with E-state index in [1.807, 2.05) is 103 Å². The van der Waals surface area contributed by atoms with Crippen molar-refractivity contribution in [2.75, 3.05) is 56.1 Å². The number of Topliss-reactive ketones (excluding diaryl/α,β-unsaturated/α-hetero) is 4. The Hall–Kier alpha value is -4.79. The molecular formula is C95H159N3O28. The number of aliphatic hydroxyl groups is 9. The number of amides is 1. The second-order valence-electron chi connectivity index (χ2n) is 39.5. The number of hydrogen-bond acceptors (Lipinski definition) is 30. The molecule has 8 rings (SSSR count). The minimum Gasteiger partial charge on any atom is -0.460 e. The minimum atomic E-state index is -2.43. The summed E-state index contributed by atoms with van der Waals surface area (Å²) in [4.78, 5) is 104. The maximum atomic E-state index is 14.5. The molecule has 6 saturated heterocycles. The summed E-state index contributed by atoms with van der Waals surface area (Å²) in [6, 6.07) is -1.88. The fourth-order valence-corrected chi connectivity index (χ4v) is 20.3. The monoisotopic (exact) mass is 1790 g/mol. The van der Waals surface area contributed by atoms with E-state index in [1.54, 1.807) is 89.5 Å². The fourth-order valence-electron chi connectivity index (χ4n) is 20.3. The number of piperidine rings is 1. The largest absolute Gasteiger partial charge is 0.460 e. The van der Waals surface area contributed by atoms with Gasteiger partial charge < -0.3 is 118 Å². The molecular weight excluding hydrogens is 1630 g/mol. The molecule has 1 aliphatic carbocycles. The lowest BCUT2D eigenvalue weighted by Crippen LogP contribution is -2.62. The van der Waals surface area contributed by atoms with Gasteiger partial charge in [-0.25, -0.2) is 4.79 Å². The zero-order chi connectivity index (χ0) is 94.4. The molecule has 0 unspecified atom stereocenters. The third-order valence-corrected chi connectivity index (χ3v) is 28.6. The first kappa shape index (κ1) is 108. The van der Waals surface area contributed by atoms with E-state index < -0.39 is 210 Å². The number of fused-ring (bicyclic) bond motifs is 3. The molecule has 1 amide bonds. The number of carbonyl (C=O) groups excluding carboxylic acids is 7. The second kappa shape index (κ2) is 47.2. The van der Waals surface area contributed by atoms with Crippen LogP contribution >= 0.6 is 0 Å². The highest BCUT2D eigenvalue weighted by atomic mass is 16.7. The highest BCUT2D eigenvalue weighted by Crippen LogP contribution is 2.46. The predicted octanol–water partition coefficient (Wildman–Crippen LogP) is 7.76. The lowest BCUT2D eigenvalue weighted by atomic mass is 9.73. The Morgan fingerprint density at radius 2 is 1.29 bits per heavy atom. The molecule has 0 aromatic heterocycles. The van der Waals surface area contributed by atoms with Crippen molar-refractivity contribution in [1.29, 1.82) is 0 Å². The summed E-state index contributed by atoms with van der Waals surface area (Å²) in [7, 11) is 11.9. The minimum absolute atomic E-state index is 0.0193. The zero-order valence-electron chi connectivity index (χ0n) is 79.9. The summed E-state index contributed by atoms with van der Waals surface area (Å²) in [5.74, 6) is -13.1. The first-order chi connectivity index (χ1) is 58.8. The van der Waals surface area contributed by atoms with Gasteiger partial charge in [0.2, 0.25) is 5.79 Å². The summed E-state index contributed by atoms with van der Waals surface area (Å²) in [5.41, 5.74) is -3.94. The summed E-state index contributed by atoms with van der Waals surface area (Å²) < 4.78 is 75.0. The standard InChI is InChI=1S/C51H79NO13.C44H80N2O15/c1-30-16-12-11-13-17-31(2)42(61-8)28-38-21-19-36(7)51(60,65-38)48(57)49(58)52-23-15-14-18-39(52)50(59)64-43(33(4)26-37-20-22-40(53)44(27-37)62-9)29-41(54)32(3)25-35(6)46(56)47(63-10)45(55)34(5)24-30;1-16-30-44(11,54)37(50)23(4)33(47)21(2)19-43(10,61-31-18-29(46(14)15)34(48)26(7)56-31)39(60-41-35(49)28(45(12)13)17-22(3)55-41)24(5)36(25(6)40(52)58-30)59-32-20-42(9,53)38(51)27(8)57-32/h11-13,16-17,25,30,32-34,36-40,42-44,46-47,53,56,60H,14-15,18-24,26-29H2,1-10H3;21-32,34-39,41,48-51,53-54H,16-20H2,1-15H3/b13-11+,16-12+,31-17+,35-25+;/t30-,32-,33-,34-,36-,37+,38+,39+,40-,42+,43+,44-,46-,47+,51-;21-,22-,23+,24+,25-,26+,27+,28+,29-,30-,31+,32+,34+,35-,36+,37-,38+,39-,41+,42-,43-,44-/m11/s1. The van der Waals surface area contributed by atoms with Crippen LogP contribution in [0.25, 0.3) is 0 Å². The lowest BCUT2D eigenvalue weighted by molar-refractivity contribution is -0.340. The predicted molar refractivity (Wildman–Crippen MR) is 468 cm³/mol. The normalized spacial score (nSPS) is 45.1. The van der Waals surface area contributed by atoms with E-state index in [0.717, 1.165) is 12.0 Å². The number of nitrogens with zero attached hydrogens (tertiary/aromatic N) is 3. The van der Waals surface area contributed by atoms with E-state index >= 15 is 0 Å². The summed E-state index contributed by atoms with van der Waals surface area (Å²) in [6.45, 7) is 30.9. The molecule has 0 aromatic carbocycles. The van der Waals surface area contributed by atoms with E-state index in [1.165, 1.54) is 32.8 Å². The number of cyclic esters (lactones) is 2. The average molecular weight is 1790 g/mol. The molecule has 31 nitrogen and oxygen atoms in total. The van der Waals surface area contributed by atoms with Crippen LogP contribution in [0.2, 0.25) is 0 Å². The molecule has 2 bridgehead atoms. The third-order valence-electron chi connectivity index (χ3n) is 28.6. The van der Waals surface area contributed by atoms with Crippen LogP contribution in [0.15, 0.2) is 47.6 Å². The molecule has 7 fully saturated rings. The number of ketones is 4. The molecule has 31 heteroatoms. The van der Waals surface area contributed by atoms with Gasteiger partial charge in [0.25, 0.3) is 11.7 Å². The average Bonchev–Trinajstić information content (AvgIpc) is 0.767.